The lowest BCUT2D eigenvalue weighted by molar-refractivity contribution is -0.149. The predicted octanol–water partition coefficient (Wildman–Crippen LogP) is 2.49. The van der Waals surface area contributed by atoms with Crippen LogP contribution in [0.2, 0.25) is 0 Å². The second kappa shape index (κ2) is 11.4. The van der Waals surface area contributed by atoms with Crippen molar-refractivity contribution in [3.63, 3.8) is 0 Å². The highest BCUT2D eigenvalue weighted by molar-refractivity contribution is 5.81. The Kier molecular flexibility index (Phi) is 8.91. The number of esters is 1. The third-order valence-corrected chi connectivity index (χ3v) is 4.93. The second-order valence-corrected chi connectivity index (χ2v) is 6.80. The third kappa shape index (κ3) is 6.04. The van der Waals surface area contributed by atoms with E-state index in [2.05, 4.69) is 21.3 Å². The number of benzene rings is 1. The van der Waals surface area contributed by atoms with Crippen LogP contribution in [0.25, 0.3) is 0 Å². The van der Waals surface area contributed by atoms with Gasteiger partial charge in [0, 0.05) is 26.7 Å². The van der Waals surface area contributed by atoms with Crippen molar-refractivity contribution in [1.82, 2.24) is 10.2 Å². The molecule has 1 unspecified atom stereocenters. The van der Waals surface area contributed by atoms with E-state index in [1.807, 2.05) is 19.1 Å². The molecule has 0 spiro atoms. The predicted molar refractivity (Wildman–Crippen MR) is 110 cm³/mol. The fourth-order valence-corrected chi connectivity index (χ4v) is 3.48. The van der Waals surface area contributed by atoms with Gasteiger partial charge in [-0.3, -0.25) is 9.79 Å². The SMILES string of the molecule is CCOC(=O)C1CCCN(C(=NC)NCCCc2ccc(OC)c(OC)c2)C1. The summed E-state index contributed by atoms with van der Waals surface area (Å²) in [6.07, 6.45) is 3.74. The van der Waals surface area contributed by atoms with Gasteiger partial charge in [0.05, 0.1) is 26.7 Å². The van der Waals surface area contributed by atoms with Crippen molar-refractivity contribution in [2.24, 2.45) is 10.9 Å². The molecule has 0 saturated carbocycles. The Morgan fingerprint density at radius 1 is 1.29 bits per heavy atom. The number of piperidine rings is 1. The standard InChI is InChI=1S/C21H33N3O4/c1-5-28-20(25)17-9-7-13-24(15-17)21(22-2)23-12-6-8-16-10-11-18(26-3)19(14-16)27-4/h10-11,14,17H,5-9,12-13,15H2,1-4H3,(H,22,23). The number of aliphatic imine (C=N–C) groups is 1. The molecule has 1 aromatic carbocycles. The summed E-state index contributed by atoms with van der Waals surface area (Å²) in [5.74, 6) is 2.17. The van der Waals surface area contributed by atoms with Crippen molar-refractivity contribution in [1.29, 1.82) is 0 Å². The smallest absolute Gasteiger partial charge is 0.310 e. The third-order valence-electron chi connectivity index (χ3n) is 4.93. The highest BCUT2D eigenvalue weighted by Crippen LogP contribution is 2.27. The van der Waals surface area contributed by atoms with Gasteiger partial charge in [-0.1, -0.05) is 6.07 Å². The van der Waals surface area contributed by atoms with E-state index in [1.165, 1.54) is 5.56 Å². The molecular formula is C21H33N3O4. The number of methoxy groups -OCH3 is 2. The number of rotatable bonds is 8. The summed E-state index contributed by atoms with van der Waals surface area (Å²) in [4.78, 5) is 18.6. The van der Waals surface area contributed by atoms with Crippen LogP contribution in [0.5, 0.6) is 11.5 Å². The first-order valence-corrected chi connectivity index (χ1v) is 9.96. The molecule has 1 saturated heterocycles. The summed E-state index contributed by atoms with van der Waals surface area (Å²) in [5, 5.41) is 3.42. The Balaban J connectivity index is 1.81. The molecule has 1 N–H and O–H groups in total. The molecule has 0 bridgehead atoms. The Morgan fingerprint density at radius 3 is 2.75 bits per heavy atom. The average Bonchev–Trinajstić information content (AvgIpc) is 2.73. The quantitative estimate of drug-likeness (QED) is 0.318. The first-order chi connectivity index (χ1) is 13.6. The van der Waals surface area contributed by atoms with Crippen LogP contribution >= 0.6 is 0 Å². The molecule has 1 fully saturated rings. The van der Waals surface area contributed by atoms with Crippen molar-refractivity contribution in [2.75, 3.05) is 47.5 Å². The number of hydrogen-bond acceptors (Lipinski definition) is 5. The molecule has 7 nitrogen and oxygen atoms in total. The maximum atomic E-state index is 12.0. The summed E-state index contributed by atoms with van der Waals surface area (Å²) in [7, 11) is 5.07. The van der Waals surface area contributed by atoms with Crippen molar-refractivity contribution in [2.45, 2.75) is 32.6 Å². The summed E-state index contributed by atoms with van der Waals surface area (Å²) in [6.45, 7) is 4.65. The number of nitrogens with one attached hydrogen (secondary N) is 1. The minimum atomic E-state index is -0.101. The minimum Gasteiger partial charge on any atom is -0.493 e. The largest absolute Gasteiger partial charge is 0.493 e. The van der Waals surface area contributed by atoms with Gasteiger partial charge in [-0.25, -0.2) is 0 Å². The van der Waals surface area contributed by atoms with E-state index in [0.29, 0.717) is 13.2 Å². The zero-order chi connectivity index (χ0) is 20.4. The average molecular weight is 392 g/mol. The topological polar surface area (TPSA) is 72.4 Å². The van der Waals surface area contributed by atoms with Crippen LogP contribution in [0.4, 0.5) is 0 Å². The van der Waals surface area contributed by atoms with Gasteiger partial charge in [-0.05, 0) is 50.3 Å². The van der Waals surface area contributed by atoms with E-state index in [0.717, 1.165) is 56.2 Å². The first-order valence-electron chi connectivity index (χ1n) is 9.96. The van der Waals surface area contributed by atoms with Gasteiger partial charge in [0.2, 0.25) is 0 Å². The van der Waals surface area contributed by atoms with Gasteiger partial charge >= 0.3 is 5.97 Å². The van der Waals surface area contributed by atoms with Crippen LogP contribution in [-0.2, 0) is 16.0 Å². The number of carbonyl (C=O) groups excluding carboxylic acids is 1. The maximum absolute atomic E-state index is 12.0. The zero-order valence-corrected chi connectivity index (χ0v) is 17.5. The Morgan fingerprint density at radius 2 is 2.07 bits per heavy atom. The zero-order valence-electron chi connectivity index (χ0n) is 17.5. The van der Waals surface area contributed by atoms with Crippen molar-refractivity contribution < 1.29 is 19.0 Å². The van der Waals surface area contributed by atoms with Crippen LogP contribution in [-0.4, -0.2) is 64.3 Å². The van der Waals surface area contributed by atoms with E-state index < -0.39 is 0 Å². The van der Waals surface area contributed by atoms with Crippen LogP contribution in [0, 0.1) is 5.92 Å². The lowest BCUT2D eigenvalue weighted by Crippen LogP contribution is -2.48. The summed E-state index contributed by atoms with van der Waals surface area (Å²) in [5.41, 5.74) is 1.20. The Bertz CT molecular complexity index is 663. The molecule has 7 heteroatoms. The van der Waals surface area contributed by atoms with Crippen molar-refractivity contribution >= 4 is 11.9 Å². The minimum absolute atomic E-state index is 0.0704. The highest BCUT2D eigenvalue weighted by Gasteiger charge is 2.28. The molecule has 1 aromatic rings. The molecule has 0 amide bonds. The van der Waals surface area contributed by atoms with Crippen LogP contribution in [0.1, 0.15) is 31.7 Å². The van der Waals surface area contributed by atoms with Gasteiger partial charge in [0.25, 0.3) is 0 Å². The number of likely N-dealkylation sites (tertiary alicyclic amines) is 1. The van der Waals surface area contributed by atoms with Crippen molar-refractivity contribution in [3.8, 4) is 11.5 Å². The molecule has 0 radical (unpaired) electrons. The number of aryl methyl sites for hydroxylation is 1. The van der Waals surface area contributed by atoms with Gasteiger partial charge in [0.15, 0.2) is 17.5 Å². The molecule has 0 aromatic heterocycles. The molecule has 1 aliphatic heterocycles. The monoisotopic (exact) mass is 391 g/mol. The molecule has 1 atom stereocenters. The summed E-state index contributed by atoms with van der Waals surface area (Å²) < 4.78 is 15.8. The lowest BCUT2D eigenvalue weighted by Gasteiger charge is -2.34. The van der Waals surface area contributed by atoms with E-state index in [9.17, 15) is 4.79 Å². The molecule has 0 aliphatic carbocycles. The normalized spacial score (nSPS) is 17.2. The van der Waals surface area contributed by atoms with E-state index >= 15 is 0 Å². The molecule has 1 aliphatic rings. The number of nitrogens with zero attached hydrogens (tertiary/aromatic N) is 2. The second-order valence-electron chi connectivity index (χ2n) is 6.80. The fraction of sp³-hybridized carbons (Fsp3) is 0.619. The molecule has 156 valence electrons. The van der Waals surface area contributed by atoms with E-state index in [1.54, 1.807) is 21.3 Å². The number of hydrogen-bond donors (Lipinski definition) is 1. The van der Waals surface area contributed by atoms with Crippen LogP contribution < -0.4 is 14.8 Å². The van der Waals surface area contributed by atoms with Crippen LogP contribution in [0.15, 0.2) is 23.2 Å². The Hall–Kier alpha value is -2.44. The molecular weight excluding hydrogens is 358 g/mol. The van der Waals surface area contributed by atoms with Gasteiger partial charge in [0.1, 0.15) is 0 Å². The molecule has 1 heterocycles. The molecule has 2 rings (SSSR count). The molecule has 28 heavy (non-hydrogen) atoms. The number of ether oxygens (including phenoxy) is 3. The van der Waals surface area contributed by atoms with Gasteiger partial charge in [-0.15, -0.1) is 0 Å². The van der Waals surface area contributed by atoms with E-state index in [4.69, 9.17) is 14.2 Å². The first kappa shape index (κ1) is 21.9. The van der Waals surface area contributed by atoms with Crippen molar-refractivity contribution in [3.05, 3.63) is 23.8 Å². The van der Waals surface area contributed by atoms with E-state index in [-0.39, 0.29) is 11.9 Å². The number of guanidine groups is 1. The van der Waals surface area contributed by atoms with Gasteiger partial charge in [-0.2, -0.15) is 0 Å². The van der Waals surface area contributed by atoms with Gasteiger partial charge < -0.3 is 24.4 Å². The fourth-order valence-electron chi connectivity index (χ4n) is 3.48. The van der Waals surface area contributed by atoms with Crippen LogP contribution in [0.3, 0.4) is 0 Å². The summed E-state index contributed by atoms with van der Waals surface area (Å²) in [6, 6.07) is 6.01. The Labute approximate surface area is 168 Å². The lowest BCUT2D eigenvalue weighted by atomic mass is 9.98. The highest BCUT2D eigenvalue weighted by atomic mass is 16.5. The summed E-state index contributed by atoms with van der Waals surface area (Å²) >= 11 is 0. The number of carbonyl (C=O) groups is 1. The maximum Gasteiger partial charge on any atom is 0.310 e.